The maximum atomic E-state index is 11.8. The highest BCUT2D eigenvalue weighted by atomic mass is 35.5. The maximum absolute atomic E-state index is 11.8. The van der Waals surface area contributed by atoms with Gasteiger partial charge in [-0.3, -0.25) is 0 Å². The predicted octanol–water partition coefficient (Wildman–Crippen LogP) is 2.12. The minimum absolute atomic E-state index is 0.00122. The molecule has 0 aliphatic rings. The number of nitrogens with one attached hydrogen (secondary N) is 1. The summed E-state index contributed by atoms with van der Waals surface area (Å²) in [5.74, 6) is 0.297. The van der Waals surface area contributed by atoms with Gasteiger partial charge in [0, 0.05) is 11.9 Å². The molecular weight excluding hydrogens is 246 g/mol. The first-order valence-electron chi connectivity index (χ1n) is 5.17. The molecule has 0 heterocycles. The molecule has 1 rings (SSSR count). The van der Waals surface area contributed by atoms with E-state index >= 15 is 0 Å². The minimum atomic E-state index is -3.29. The van der Waals surface area contributed by atoms with Crippen molar-refractivity contribution in [2.45, 2.75) is 25.1 Å². The molecular formula is C11H16ClNO2S. The molecule has 0 saturated heterocycles. The molecule has 3 nitrogen and oxygen atoms in total. The van der Waals surface area contributed by atoms with Crippen molar-refractivity contribution < 1.29 is 8.42 Å². The van der Waals surface area contributed by atoms with Gasteiger partial charge in [-0.2, -0.15) is 0 Å². The number of rotatable bonds is 6. The van der Waals surface area contributed by atoms with Crippen LogP contribution >= 0.6 is 11.6 Å². The van der Waals surface area contributed by atoms with Crippen LogP contribution in [0.4, 0.5) is 0 Å². The Hall–Kier alpha value is -0.580. The van der Waals surface area contributed by atoms with Gasteiger partial charge in [-0.05, 0) is 12.0 Å². The molecule has 0 aliphatic heterocycles. The summed E-state index contributed by atoms with van der Waals surface area (Å²) >= 11 is 5.65. The molecule has 5 heteroatoms. The number of sulfonamides is 1. The number of halogens is 1. The van der Waals surface area contributed by atoms with Crippen LogP contribution in [0.25, 0.3) is 0 Å². The first-order valence-corrected chi connectivity index (χ1v) is 7.36. The van der Waals surface area contributed by atoms with Gasteiger partial charge in [-0.15, -0.1) is 11.6 Å². The van der Waals surface area contributed by atoms with Crippen LogP contribution in [0.3, 0.4) is 0 Å². The highest BCUT2D eigenvalue weighted by Crippen LogP contribution is 2.06. The third kappa shape index (κ3) is 4.51. The molecule has 0 amide bonds. The smallest absolute Gasteiger partial charge is 0.212 e. The number of benzene rings is 1. The van der Waals surface area contributed by atoms with Crippen LogP contribution in [0.1, 0.15) is 18.9 Å². The summed E-state index contributed by atoms with van der Waals surface area (Å²) in [6, 6.07) is 8.90. The zero-order chi connectivity index (χ0) is 12.0. The van der Waals surface area contributed by atoms with Gasteiger partial charge in [0.05, 0.1) is 5.75 Å². The van der Waals surface area contributed by atoms with Crippen LogP contribution in [0.15, 0.2) is 30.3 Å². The molecule has 1 aromatic carbocycles. The van der Waals surface area contributed by atoms with Crippen LogP contribution in [-0.4, -0.2) is 20.3 Å². The van der Waals surface area contributed by atoms with Gasteiger partial charge < -0.3 is 0 Å². The van der Waals surface area contributed by atoms with Crippen LogP contribution in [0.2, 0.25) is 0 Å². The van der Waals surface area contributed by atoms with E-state index in [4.69, 9.17) is 11.6 Å². The molecule has 0 saturated carbocycles. The molecule has 90 valence electrons. The highest BCUT2D eigenvalue weighted by molar-refractivity contribution is 7.88. The summed E-state index contributed by atoms with van der Waals surface area (Å²) in [4.78, 5) is 0. The lowest BCUT2D eigenvalue weighted by Crippen LogP contribution is -2.36. The molecule has 16 heavy (non-hydrogen) atoms. The quantitative estimate of drug-likeness (QED) is 0.798. The average Bonchev–Trinajstić information content (AvgIpc) is 2.26. The zero-order valence-corrected chi connectivity index (χ0v) is 10.8. The molecule has 0 radical (unpaired) electrons. The normalized spacial score (nSPS) is 13.6. The van der Waals surface area contributed by atoms with Crippen LogP contribution in [-0.2, 0) is 15.8 Å². The summed E-state index contributed by atoms with van der Waals surface area (Å²) in [5, 5.41) is 0. The van der Waals surface area contributed by atoms with Crippen molar-refractivity contribution >= 4 is 21.6 Å². The van der Waals surface area contributed by atoms with Gasteiger partial charge in [-0.25, -0.2) is 13.1 Å². The van der Waals surface area contributed by atoms with Crippen molar-refractivity contribution in [1.82, 2.24) is 4.72 Å². The third-order valence-electron chi connectivity index (χ3n) is 2.22. The van der Waals surface area contributed by atoms with E-state index in [1.807, 2.05) is 25.1 Å². The second kappa shape index (κ2) is 6.23. The van der Waals surface area contributed by atoms with E-state index in [0.717, 1.165) is 5.56 Å². The van der Waals surface area contributed by atoms with Crippen molar-refractivity contribution in [3.63, 3.8) is 0 Å². The summed E-state index contributed by atoms with van der Waals surface area (Å²) in [6.07, 6.45) is 0.692. The van der Waals surface area contributed by atoms with Crippen molar-refractivity contribution in [3.8, 4) is 0 Å². The second-order valence-corrected chi connectivity index (χ2v) is 5.68. The Balaban J connectivity index is 2.66. The lowest BCUT2D eigenvalue weighted by atomic mass is 10.2. The Morgan fingerprint density at radius 2 is 1.94 bits per heavy atom. The Morgan fingerprint density at radius 1 is 1.31 bits per heavy atom. The highest BCUT2D eigenvalue weighted by Gasteiger charge is 2.16. The van der Waals surface area contributed by atoms with Crippen molar-refractivity contribution in [2.24, 2.45) is 0 Å². The predicted molar refractivity (Wildman–Crippen MR) is 67.0 cm³/mol. The van der Waals surface area contributed by atoms with Gasteiger partial charge in [-0.1, -0.05) is 37.3 Å². The van der Waals surface area contributed by atoms with Gasteiger partial charge in [0.25, 0.3) is 0 Å². The molecule has 0 fully saturated rings. The van der Waals surface area contributed by atoms with Gasteiger partial charge in [0.15, 0.2) is 0 Å². The average molecular weight is 262 g/mol. The lowest BCUT2D eigenvalue weighted by molar-refractivity contribution is 0.556. The summed E-state index contributed by atoms with van der Waals surface area (Å²) in [5.41, 5.74) is 0.777. The van der Waals surface area contributed by atoms with Gasteiger partial charge in [0.1, 0.15) is 0 Å². The Kier molecular flexibility index (Phi) is 5.25. The summed E-state index contributed by atoms with van der Waals surface area (Å²) < 4.78 is 26.1. The Bertz CT molecular complexity index is 401. The first kappa shape index (κ1) is 13.5. The fraction of sp³-hybridized carbons (Fsp3) is 0.455. The van der Waals surface area contributed by atoms with E-state index in [1.165, 1.54) is 0 Å². The van der Waals surface area contributed by atoms with Gasteiger partial charge in [0.2, 0.25) is 10.0 Å². The van der Waals surface area contributed by atoms with Crippen molar-refractivity contribution in [3.05, 3.63) is 35.9 Å². The van der Waals surface area contributed by atoms with E-state index in [1.54, 1.807) is 12.1 Å². The molecule has 1 aromatic rings. The molecule has 0 aromatic heterocycles. The molecule has 0 spiro atoms. The largest absolute Gasteiger partial charge is 0.216 e. The molecule has 0 aliphatic carbocycles. The number of alkyl halides is 1. The van der Waals surface area contributed by atoms with Crippen LogP contribution < -0.4 is 4.72 Å². The monoisotopic (exact) mass is 261 g/mol. The van der Waals surface area contributed by atoms with Crippen molar-refractivity contribution in [1.29, 1.82) is 0 Å². The molecule has 1 unspecified atom stereocenters. The topological polar surface area (TPSA) is 46.2 Å². The SMILES string of the molecule is CCC(CCl)NS(=O)(=O)Cc1ccccc1. The Labute approximate surface area is 102 Å². The van der Waals surface area contributed by atoms with E-state index in [0.29, 0.717) is 12.3 Å². The number of hydrogen-bond acceptors (Lipinski definition) is 2. The summed E-state index contributed by atoms with van der Waals surface area (Å²) in [6.45, 7) is 1.90. The lowest BCUT2D eigenvalue weighted by Gasteiger charge is -2.13. The van der Waals surface area contributed by atoms with E-state index in [2.05, 4.69) is 4.72 Å². The van der Waals surface area contributed by atoms with Crippen LogP contribution in [0.5, 0.6) is 0 Å². The maximum Gasteiger partial charge on any atom is 0.216 e. The molecule has 0 bridgehead atoms. The van der Waals surface area contributed by atoms with Crippen molar-refractivity contribution in [2.75, 3.05) is 5.88 Å². The summed E-state index contributed by atoms with van der Waals surface area (Å²) in [7, 11) is -3.29. The van der Waals surface area contributed by atoms with E-state index in [9.17, 15) is 8.42 Å². The minimum Gasteiger partial charge on any atom is -0.212 e. The van der Waals surface area contributed by atoms with E-state index < -0.39 is 10.0 Å². The fourth-order valence-corrected chi connectivity index (χ4v) is 3.17. The fourth-order valence-electron chi connectivity index (χ4n) is 1.31. The zero-order valence-electron chi connectivity index (χ0n) is 9.19. The van der Waals surface area contributed by atoms with E-state index in [-0.39, 0.29) is 11.8 Å². The van der Waals surface area contributed by atoms with Crippen LogP contribution in [0, 0.1) is 0 Å². The third-order valence-corrected chi connectivity index (χ3v) is 4.00. The first-order chi connectivity index (χ1) is 7.57. The Morgan fingerprint density at radius 3 is 2.44 bits per heavy atom. The standard InChI is InChI=1S/C11H16ClNO2S/c1-2-11(8-12)13-16(14,15)9-10-6-4-3-5-7-10/h3-7,11,13H,2,8-9H2,1H3. The van der Waals surface area contributed by atoms with Gasteiger partial charge >= 0.3 is 0 Å². The number of hydrogen-bond donors (Lipinski definition) is 1. The second-order valence-electron chi connectivity index (χ2n) is 3.62. The molecule has 1 N–H and O–H groups in total. The molecule has 1 atom stereocenters.